The molecule has 0 aromatic heterocycles. The van der Waals surface area contributed by atoms with Gasteiger partial charge >= 0.3 is 0 Å². The summed E-state index contributed by atoms with van der Waals surface area (Å²) in [4.78, 5) is 0. The van der Waals surface area contributed by atoms with Crippen molar-refractivity contribution >= 4 is 0 Å². The van der Waals surface area contributed by atoms with E-state index in [0.29, 0.717) is 12.0 Å². The summed E-state index contributed by atoms with van der Waals surface area (Å²) >= 11 is 0. The van der Waals surface area contributed by atoms with Crippen molar-refractivity contribution in [1.82, 2.24) is 10.6 Å². The second-order valence-corrected chi connectivity index (χ2v) is 3.90. The van der Waals surface area contributed by atoms with E-state index in [1.807, 2.05) is 0 Å². The van der Waals surface area contributed by atoms with E-state index in [0.717, 1.165) is 25.2 Å². The Morgan fingerprint density at radius 3 is 3.23 bits per heavy atom. The van der Waals surface area contributed by atoms with Gasteiger partial charge < -0.3 is 10.6 Å². The number of fused-ring (bicyclic) bond motifs is 1. The van der Waals surface area contributed by atoms with Crippen LogP contribution in [0.3, 0.4) is 0 Å². The molecule has 0 aliphatic carbocycles. The van der Waals surface area contributed by atoms with E-state index in [1.54, 1.807) is 0 Å². The molecule has 2 saturated heterocycles. The van der Waals surface area contributed by atoms with Crippen molar-refractivity contribution in [2.75, 3.05) is 13.1 Å². The molecule has 0 amide bonds. The molecule has 2 heterocycles. The average Bonchev–Trinajstić information content (AvgIpc) is 2.44. The second-order valence-electron chi connectivity index (χ2n) is 3.90. The zero-order chi connectivity index (χ0) is 9.26. The smallest absolute Gasteiger partial charge is 0.0354 e. The summed E-state index contributed by atoms with van der Waals surface area (Å²) < 4.78 is 0. The Labute approximate surface area is 80.1 Å². The standard InChI is InChI=1S/C11H18N2/c1-3-4-9-8(2)13-11-5-6-12-7-10(9)11/h4,10-13H,2-3,5-7H2,1H3/b9-4+. The van der Waals surface area contributed by atoms with E-state index >= 15 is 0 Å². The molecule has 2 rings (SSSR count). The van der Waals surface area contributed by atoms with Gasteiger partial charge in [-0.05, 0) is 25.0 Å². The molecule has 0 radical (unpaired) electrons. The molecule has 0 aromatic rings. The van der Waals surface area contributed by atoms with E-state index in [1.165, 1.54) is 12.0 Å². The van der Waals surface area contributed by atoms with Gasteiger partial charge in [0.15, 0.2) is 0 Å². The fourth-order valence-corrected chi connectivity index (χ4v) is 2.38. The lowest BCUT2D eigenvalue weighted by molar-refractivity contribution is 0.369. The molecule has 0 aromatic carbocycles. The van der Waals surface area contributed by atoms with Gasteiger partial charge in [-0.1, -0.05) is 19.6 Å². The van der Waals surface area contributed by atoms with Gasteiger partial charge in [-0.2, -0.15) is 0 Å². The minimum absolute atomic E-state index is 0.645. The van der Waals surface area contributed by atoms with E-state index < -0.39 is 0 Å². The van der Waals surface area contributed by atoms with Crippen LogP contribution in [-0.4, -0.2) is 19.1 Å². The molecule has 2 N–H and O–H groups in total. The maximum atomic E-state index is 4.07. The lowest BCUT2D eigenvalue weighted by Gasteiger charge is -2.25. The van der Waals surface area contributed by atoms with Crippen LogP contribution >= 0.6 is 0 Å². The van der Waals surface area contributed by atoms with Crippen LogP contribution in [0.2, 0.25) is 0 Å². The van der Waals surface area contributed by atoms with Crippen molar-refractivity contribution in [3.63, 3.8) is 0 Å². The van der Waals surface area contributed by atoms with Gasteiger partial charge in [0.2, 0.25) is 0 Å². The molecule has 72 valence electrons. The van der Waals surface area contributed by atoms with E-state index in [4.69, 9.17) is 0 Å². The van der Waals surface area contributed by atoms with Crippen LogP contribution in [0.25, 0.3) is 0 Å². The van der Waals surface area contributed by atoms with E-state index in [2.05, 4.69) is 30.2 Å². The highest BCUT2D eigenvalue weighted by Gasteiger charge is 2.34. The molecule has 2 nitrogen and oxygen atoms in total. The van der Waals surface area contributed by atoms with Crippen molar-refractivity contribution in [1.29, 1.82) is 0 Å². The lowest BCUT2D eigenvalue weighted by Crippen LogP contribution is -2.41. The van der Waals surface area contributed by atoms with Crippen molar-refractivity contribution in [2.45, 2.75) is 25.8 Å². The zero-order valence-corrected chi connectivity index (χ0v) is 8.27. The lowest BCUT2D eigenvalue weighted by atomic mass is 9.90. The molecule has 0 spiro atoms. The molecule has 2 heteroatoms. The highest BCUT2D eigenvalue weighted by atomic mass is 15.0. The summed E-state index contributed by atoms with van der Waals surface area (Å²) in [6.45, 7) is 8.51. The molecule has 2 unspecified atom stereocenters. The SMILES string of the molecule is C=C1NC2CCNCC2/C1=C/CC. The van der Waals surface area contributed by atoms with Gasteiger partial charge in [-0.3, -0.25) is 0 Å². The first-order valence-corrected chi connectivity index (χ1v) is 5.19. The van der Waals surface area contributed by atoms with Gasteiger partial charge in [-0.15, -0.1) is 0 Å². The summed E-state index contributed by atoms with van der Waals surface area (Å²) in [5, 5.41) is 6.93. The molecule has 2 atom stereocenters. The summed E-state index contributed by atoms with van der Waals surface area (Å²) in [6.07, 6.45) is 4.65. The Morgan fingerprint density at radius 1 is 1.62 bits per heavy atom. The highest BCUT2D eigenvalue weighted by Crippen LogP contribution is 2.31. The second kappa shape index (κ2) is 3.54. The van der Waals surface area contributed by atoms with Gasteiger partial charge in [-0.25, -0.2) is 0 Å². The third kappa shape index (κ3) is 1.51. The van der Waals surface area contributed by atoms with Crippen LogP contribution in [-0.2, 0) is 0 Å². The van der Waals surface area contributed by atoms with Gasteiger partial charge in [0.1, 0.15) is 0 Å². The highest BCUT2D eigenvalue weighted by molar-refractivity contribution is 5.37. The van der Waals surface area contributed by atoms with Gasteiger partial charge in [0.25, 0.3) is 0 Å². The maximum Gasteiger partial charge on any atom is 0.0354 e. The summed E-state index contributed by atoms with van der Waals surface area (Å²) in [7, 11) is 0. The average molecular weight is 178 g/mol. The van der Waals surface area contributed by atoms with Crippen LogP contribution < -0.4 is 10.6 Å². The first kappa shape index (κ1) is 8.82. The molecule has 2 aliphatic heterocycles. The molecular formula is C11H18N2. The summed E-state index contributed by atoms with van der Waals surface area (Å²) in [6, 6.07) is 0.645. The number of nitrogens with one attached hydrogen (secondary N) is 2. The van der Waals surface area contributed by atoms with Crippen LogP contribution in [0.4, 0.5) is 0 Å². The fourth-order valence-electron chi connectivity index (χ4n) is 2.38. The zero-order valence-electron chi connectivity index (χ0n) is 8.27. The third-order valence-electron chi connectivity index (χ3n) is 3.01. The largest absolute Gasteiger partial charge is 0.382 e. The van der Waals surface area contributed by atoms with Crippen LogP contribution in [0.5, 0.6) is 0 Å². The first-order chi connectivity index (χ1) is 6.33. The van der Waals surface area contributed by atoms with Crippen LogP contribution in [0, 0.1) is 5.92 Å². The number of hydrogen-bond donors (Lipinski definition) is 2. The minimum Gasteiger partial charge on any atom is -0.382 e. The molecule has 0 bridgehead atoms. The Hall–Kier alpha value is -0.760. The molecule has 0 saturated carbocycles. The third-order valence-corrected chi connectivity index (χ3v) is 3.01. The Balaban J connectivity index is 2.18. The molecule has 2 fully saturated rings. The van der Waals surface area contributed by atoms with Crippen LogP contribution in [0.1, 0.15) is 19.8 Å². The van der Waals surface area contributed by atoms with Crippen molar-refractivity contribution < 1.29 is 0 Å². The quantitative estimate of drug-likeness (QED) is 0.634. The summed E-state index contributed by atoms with van der Waals surface area (Å²) in [5.74, 6) is 0.668. The predicted octanol–water partition coefficient (Wildman–Crippen LogP) is 1.42. The van der Waals surface area contributed by atoms with Crippen molar-refractivity contribution in [3.05, 3.63) is 23.9 Å². The molecule has 2 aliphatic rings. The van der Waals surface area contributed by atoms with Gasteiger partial charge in [0.05, 0.1) is 0 Å². The number of rotatable bonds is 1. The van der Waals surface area contributed by atoms with Crippen molar-refractivity contribution in [3.8, 4) is 0 Å². The Morgan fingerprint density at radius 2 is 2.46 bits per heavy atom. The number of hydrogen-bond acceptors (Lipinski definition) is 2. The monoisotopic (exact) mass is 178 g/mol. The van der Waals surface area contributed by atoms with Gasteiger partial charge in [0, 0.05) is 24.2 Å². The number of piperidine rings is 1. The first-order valence-electron chi connectivity index (χ1n) is 5.19. The van der Waals surface area contributed by atoms with Crippen LogP contribution in [0.15, 0.2) is 23.9 Å². The van der Waals surface area contributed by atoms with E-state index in [-0.39, 0.29) is 0 Å². The summed E-state index contributed by atoms with van der Waals surface area (Å²) in [5.41, 5.74) is 2.60. The predicted molar refractivity (Wildman–Crippen MR) is 55.4 cm³/mol. The topological polar surface area (TPSA) is 24.1 Å². The van der Waals surface area contributed by atoms with E-state index in [9.17, 15) is 0 Å². The fraction of sp³-hybridized carbons (Fsp3) is 0.636. The Bertz CT molecular complexity index is 242. The maximum absolute atomic E-state index is 4.07. The molecule has 13 heavy (non-hydrogen) atoms. The molecular weight excluding hydrogens is 160 g/mol. The Kier molecular flexibility index (Phi) is 2.40. The number of allylic oxidation sites excluding steroid dienone is 2. The minimum atomic E-state index is 0.645. The normalized spacial score (nSPS) is 36.1. The van der Waals surface area contributed by atoms with Crippen molar-refractivity contribution in [2.24, 2.45) is 5.92 Å².